The van der Waals surface area contributed by atoms with Crippen LogP contribution >= 0.6 is 0 Å². The molecule has 0 fully saturated rings. The third-order valence-corrected chi connectivity index (χ3v) is 7.07. The molecular weight excluding hydrogens is 550 g/mol. The number of aliphatic hydroxyl groups excluding tert-OH is 2. The first-order chi connectivity index (χ1) is 19.6. The molecule has 0 radical (unpaired) electrons. The highest BCUT2D eigenvalue weighted by Crippen LogP contribution is 2.56. The standard InChI is InChI=1S/C31H42F6O4/c32-30(33,34)29(31(35,36)37,25-13-17-27(18-14-25)40-23-11-7-3-1-5-9-21-38)26-15-19-28(20-16-26)41-24-12-8-4-2-6-10-22-39/h13-20,38-39H,1-12,21-24H2. The number of aliphatic hydroxyl groups is 2. The van der Waals surface area contributed by atoms with Gasteiger partial charge in [0.1, 0.15) is 11.5 Å². The minimum absolute atomic E-state index is 0.164. The molecule has 41 heavy (non-hydrogen) atoms. The van der Waals surface area contributed by atoms with Crippen molar-refractivity contribution in [1.29, 1.82) is 0 Å². The molecule has 10 heteroatoms. The van der Waals surface area contributed by atoms with E-state index in [1.54, 1.807) is 0 Å². The molecule has 0 aliphatic carbocycles. The number of alkyl halides is 6. The summed E-state index contributed by atoms with van der Waals surface area (Å²) in [5.41, 5.74) is -6.10. The molecule has 0 bridgehead atoms. The van der Waals surface area contributed by atoms with Gasteiger partial charge in [-0.25, -0.2) is 0 Å². The van der Waals surface area contributed by atoms with Crippen LogP contribution in [0.2, 0.25) is 0 Å². The summed E-state index contributed by atoms with van der Waals surface area (Å²) >= 11 is 0. The second kappa shape index (κ2) is 17.5. The van der Waals surface area contributed by atoms with Crippen molar-refractivity contribution >= 4 is 0 Å². The lowest BCUT2D eigenvalue weighted by Gasteiger charge is -2.38. The molecule has 232 valence electrons. The molecule has 2 N–H and O–H groups in total. The van der Waals surface area contributed by atoms with E-state index in [4.69, 9.17) is 19.7 Å². The van der Waals surface area contributed by atoms with Gasteiger partial charge in [-0.3, -0.25) is 0 Å². The molecule has 2 rings (SSSR count). The Kier molecular flexibility index (Phi) is 14.8. The normalized spacial score (nSPS) is 12.5. The van der Waals surface area contributed by atoms with Gasteiger partial charge in [0.15, 0.2) is 0 Å². The van der Waals surface area contributed by atoms with Crippen LogP contribution < -0.4 is 9.47 Å². The van der Waals surface area contributed by atoms with Gasteiger partial charge >= 0.3 is 12.4 Å². The fraction of sp³-hybridized carbons (Fsp3) is 0.613. The van der Waals surface area contributed by atoms with Gasteiger partial charge < -0.3 is 19.7 Å². The molecule has 0 aliphatic heterocycles. The maximum atomic E-state index is 14.4. The number of hydrogen-bond acceptors (Lipinski definition) is 4. The summed E-state index contributed by atoms with van der Waals surface area (Å²) in [6.07, 6.45) is -0.927. The number of ether oxygens (including phenoxy) is 2. The average molecular weight is 593 g/mol. The quantitative estimate of drug-likeness (QED) is 0.120. The van der Waals surface area contributed by atoms with Gasteiger partial charge in [0, 0.05) is 13.2 Å². The van der Waals surface area contributed by atoms with E-state index in [1.165, 1.54) is 0 Å². The molecule has 0 saturated heterocycles. The van der Waals surface area contributed by atoms with Crippen LogP contribution in [0.25, 0.3) is 0 Å². The summed E-state index contributed by atoms with van der Waals surface area (Å²) in [6.45, 7) is 0.927. The van der Waals surface area contributed by atoms with E-state index >= 15 is 0 Å². The summed E-state index contributed by atoms with van der Waals surface area (Å²) in [5.74, 6) is 0.397. The van der Waals surface area contributed by atoms with Crippen LogP contribution in [0.3, 0.4) is 0 Å². The molecule has 0 aliphatic rings. The predicted molar refractivity (Wildman–Crippen MR) is 146 cm³/mol. The van der Waals surface area contributed by atoms with Gasteiger partial charge in [-0.2, -0.15) is 26.3 Å². The first-order valence-corrected chi connectivity index (χ1v) is 14.4. The Morgan fingerprint density at radius 2 is 0.732 bits per heavy atom. The monoisotopic (exact) mass is 592 g/mol. The van der Waals surface area contributed by atoms with Crippen LogP contribution in [-0.2, 0) is 5.41 Å². The summed E-state index contributed by atoms with van der Waals surface area (Å²) in [4.78, 5) is 0. The Hall–Kier alpha value is -2.46. The van der Waals surface area contributed by atoms with Crippen molar-refractivity contribution in [2.45, 2.75) is 94.8 Å². The van der Waals surface area contributed by atoms with Crippen LogP contribution in [0.4, 0.5) is 26.3 Å². The molecule has 0 spiro atoms. The van der Waals surface area contributed by atoms with Crippen LogP contribution in [-0.4, -0.2) is 49.0 Å². The van der Waals surface area contributed by atoms with Gasteiger partial charge in [0.05, 0.1) is 13.2 Å². The average Bonchev–Trinajstić information content (AvgIpc) is 2.92. The summed E-state index contributed by atoms with van der Waals surface area (Å²) in [6, 6.07) is 7.89. The Morgan fingerprint density at radius 3 is 1.02 bits per heavy atom. The molecule has 0 heterocycles. The second-order valence-electron chi connectivity index (χ2n) is 10.2. The maximum Gasteiger partial charge on any atom is 0.411 e. The molecule has 2 aromatic carbocycles. The molecule has 0 unspecified atom stereocenters. The van der Waals surface area contributed by atoms with Crippen molar-refractivity contribution in [2.24, 2.45) is 0 Å². The Bertz CT molecular complexity index is 879. The molecular formula is C31H42F6O4. The van der Waals surface area contributed by atoms with Crippen molar-refractivity contribution in [3.63, 3.8) is 0 Å². The zero-order valence-electron chi connectivity index (χ0n) is 23.4. The van der Waals surface area contributed by atoms with E-state index in [-0.39, 0.29) is 24.7 Å². The van der Waals surface area contributed by atoms with Crippen molar-refractivity contribution in [3.05, 3.63) is 59.7 Å². The van der Waals surface area contributed by atoms with Gasteiger partial charge in [0.2, 0.25) is 5.41 Å². The van der Waals surface area contributed by atoms with Crippen molar-refractivity contribution in [1.82, 2.24) is 0 Å². The highest BCUT2D eigenvalue weighted by Gasteiger charge is 2.72. The number of rotatable bonds is 20. The van der Waals surface area contributed by atoms with E-state index in [0.717, 1.165) is 113 Å². The highest BCUT2D eigenvalue weighted by atomic mass is 19.4. The van der Waals surface area contributed by atoms with Gasteiger partial charge in [-0.1, -0.05) is 75.6 Å². The van der Waals surface area contributed by atoms with Crippen LogP contribution in [0, 0.1) is 0 Å². The van der Waals surface area contributed by atoms with Crippen molar-refractivity contribution < 1.29 is 46.0 Å². The predicted octanol–water partition coefficient (Wildman–Crippen LogP) is 8.52. The summed E-state index contributed by atoms with van der Waals surface area (Å²) in [5, 5.41) is 17.6. The molecule has 2 aromatic rings. The van der Waals surface area contributed by atoms with Crippen LogP contribution in [0.15, 0.2) is 48.5 Å². The number of halogens is 6. The van der Waals surface area contributed by atoms with Crippen molar-refractivity contribution in [2.75, 3.05) is 26.4 Å². The topological polar surface area (TPSA) is 58.9 Å². The lowest BCUT2D eigenvalue weighted by Crippen LogP contribution is -2.54. The molecule has 0 aromatic heterocycles. The van der Waals surface area contributed by atoms with Gasteiger partial charge in [-0.15, -0.1) is 0 Å². The highest BCUT2D eigenvalue weighted by molar-refractivity contribution is 5.47. The van der Waals surface area contributed by atoms with E-state index < -0.39 is 28.9 Å². The Labute approximate surface area is 238 Å². The fourth-order valence-corrected chi connectivity index (χ4v) is 4.81. The van der Waals surface area contributed by atoms with E-state index in [0.29, 0.717) is 26.1 Å². The minimum atomic E-state index is -5.66. The Balaban J connectivity index is 2.08. The molecule has 0 saturated carbocycles. The van der Waals surface area contributed by atoms with Gasteiger partial charge in [-0.05, 0) is 61.1 Å². The SMILES string of the molecule is OCCCCCCCCOc1ccc(C(c2ccc(OCCCCCCCCO)cc2)(C(F)(F)F)C(F)(F)F)cc1. The lowest BCUT2D eigenvalue weighted by atomic mass is 9.73. The third-order valence-electron chi connectivity index (χ3n) is 7.07. The van der Waals surface area contributed by atoms with Gasteiger partial charge in [0.25, 0.3) is 0 Å². The zero-order valence-corrected chi connectivity index (χ0v) is 23.4. The first kappa shape index (κ1) is 34.7. The minimum Gasteiger partial charge on any atom is -0.494 e. The van der Waals surface area contributed by atoms with E-state index in [9.17, 15) is 26.3 Å². The zero-order chi connectivity index (χ0) is 30.2. The fourth-order valence-electron chi connectivity index (χ4n) is 4.81. The smallest absolute Gasteiger partial charge is 0.411 e. The number of unbranched alkanes of at least 4 members (excludes halogenated alkanes) is 10. The van der Waals surface area contributed by atoms with Crippen LogP contribution in [0.1, 0.15) is 88.2 Å². The number of benzene rings is 2. The number of hydrogen-bond donors (Lipinski definition) is 2. The molecule has 4 nitrogen and oxygen atoms in total. The first-order valence-electron chi connectivity index (χ1n) is 14.4. The summed E-state index contributed by atoms with van der Waals surface area (Å²) in [7, 11) is 0. The third kappa shape index (κ3) is 10.4. The maximum absolute atomic E-state index is 14.4. The summed E-state index contributed by atoms with van der Waals surface area (Å²) < 4.78 is 97.7. The Morgan fingerprint density at radius 1 is 0.439 bits per heavy atom. The molecule has 0 atom stereocenters. The second-order valence-corrected chi connectivity index (χ2v) is 10.2. The van der Waals surface area contributed by atoms with E-state index in [1.807, 2.05) is 0 Å². The lowest BCUT2D eigenvalue weighted by molar-refractivity contribution is -0.288. The van der Waals surface area contributed by atoms with E-state index in [2.05, 4.69) is 0 Å². The van der Waals surface area contributed by atoms with Crippen molar-refractivity contribution in [3.8, 4) is 11.5 Å². The largest absolute Gasteiger partial charge is 0.494 e. The molecule has 0 amide bonds. The van der Waals surface area contributed by atoms with Crippen LogP contribution in [0.5, 0.6) is 11.5 Å².